The third-order valence-corrected chi connectivity index (χ3v) is 8.26. The average molecular weight is 442 g/mol. The molecule has 0 bridgehead atoms. The Hall–Kier alpha value is -1.64. The van der Waals surface area contributed by atoms with Crippen LogP contribution in [0.25, 0.3) is 10.9 Å². The zero-order chi connectivity index (χ0) is 18.2. The standard InChI is InChI=1S/C17H16BrNO4S2/c1-10(12-8-19-14-5-3-2-4-11(12)14)13(17(20)21)9-25(22,23)16-7-6-15(18)24-16/h2-8,10,13,19H,9H2,1H3,(H,20,21)/t10-,13+/m0/s1. The van der Waals surface area contributed by atoms with Crippen LogP contribution in [0.2, 0.25) is 0 Å². The molecule has 0 saturated heterocycles. The van der Waals surface area contributed by atoms with Gasteiger partial charge < -0.3 is 10.1 Å². The molecule has 0 aliphatic heterocycles. The number of fused-ring (bicyclic) bond motifs is 1. The second-order valence-electron chi connectivity index (χ2n) is 5.86. The number of carbonyl (C=O) groups is 1. The molecule has 2 aromatic heterocycles. The lowest BCUT2D eigenvalue weighted by molar-refractivity contribution is -0.141. The lowest BCUT2D eigenvalue weighted by Gasteiger charge is -2.19. The molecule has 3 rings (SSSR count). The second-order valence-corrected chi connectivity index (χ2v) is 10.6. The van der Waals surface area contributed by atoms with Crippen molar-refractivity contribution in [1.82, 2.24) is 4.98 Å². The van der Waals surface area contributed by atoms with Crippen molar-refractivity contribution in [2.24, 2.45) is 5.92 Å². The predicted octanol–water partition coefficient (Wildman–Crippen LogP) is 4.27. The molecule has 0 unspecified atom stereocenters. The van der Waals surface area contributed by atoms with E-state index in [0.717, 1.165) is 27.8 Å². The van der Waals surface area contributed by atoms with E-state index in [-0.39, 0.29) is 4.21 Å². The highest BCUT2D eigenvalue weighted by Gasteiger charge is 2.33. The minimum Gasteiger partial charge on any atom is -0.481 e. The Morgan fingerprint density at radius 1 is 1.28 bits per heavy atom. The van der Waals surface area contributed by atoms with Crippen molar-refractivity contribution in [1.29, 1.82) is 0 Å². The van der Waals surface area contributed by atoms with E-state index >= 15 is 0 Å². The number of para-hydroxylation sites is 1. The Morgan fingerprint density at radius 3 is 2.64 bits per heavy atom. The van der Waals surface area contributed by atoms with Crippen molar-refractivity contribution in [3.05, 3.63) is 51.9 Å². The van der Waals surface area contributed by atoms with Gasteiger partial charge in [0, 0.05) is 17.1 Å². The fraction of sp³-hybridized carbons (Fsp3) is 0.235. The van der Waals surface area contributed by atoms with E-state index in [1.807, 2.05) is 24.3 Å². The quantitative estimate of drug-likeness (QED) is 0.597. The predicted molar refractivity (Wildman–Crippen MR) is 102 cm³/mol. The second kappa shape index (κ2) is 6.93. The molecule has 5 nitrogen and oxygen atoms in total. The molecule has 2 heterocycles. The number of thiophene rings is 1. The summed E-state index contributed by atoms with van der Waals surface area (Å²) in [6, 6.07) is 10.7. The van der Waals surface area contributed by atoms with Gasteiger partial charge in [-0.3, -0.25) is 4.79 Å². The van der Waals surface area contributed by atoms with Crippen LogP contribution in [0.15, 0.2) is 50.6 Å². The van der Waals surface area contributed by atoms with E-state index in [9.17, 15) is 18.3 Å². The molecule has 25 heavy (non-hydrogen) atoms. The van der Waals surface area contributed by atoms with Crippen LogP contribution in [-0.2, 0) is 14.6 Å². The lowest BCUT2D eigenvalue weighted by Crippen LogP contribution is -2.28. The fourth-order valence-electron chi connectivity index (χ4n) is 2.90. The Bertz CT molecular complexity index is 1020. The van der Waals surface area contributed by atoms with Gasteiger partial charge in [-0.15, -0.1) is 11.3 Å². The minimum atomic E-state index is -3.68. The van der Waals surface area contributed by atoms with Crippen LogP contribution >= 0.6 is 27.3 Å². The first-order valence-corrected chi connectivity index (χ1v) is 10.8. The molecule has 0 aliphatic carbocycles. The maximum absolute atomic E-state index is 12.6. The zero-order valence-electron chi connectivity index (χ0n) is 13.3. The zero-order valence-corrected chi connectivity index (χ0v) is 16.5. The van der Waals surface area contributed by atoms with E-state index in [1.54, 1.807) is 19.2 Å². The van der Waals surface area contributed by atoms with Crippen LogP contribution in [-0.4, -0.2) is 30.2 Å². The summed E-state index contributed by atoms with van der Waals surface area (Å²) in [4.78, 5) is 14.9. The van der Waals surface area contributed by atoms with Crippen LogP contribution in [0.1, 0.15) is 18.4 Å². The number of benzene rings is 1. The molecule has 132 valence electrons. The van der Waals surface area contributed by atoms with E-state index in [0.29, 0.717) is 3.79 Å². The number of aromatic amines is 1. The van der Waals surface area contributed by atoms with Gasteiger partial charge in [0.15, 0.2) is 9.84 Å². The normalized spacial score (nSPS) is 14.5. The number of nitrogens with one attached hydrogen (secondary N) is 1. The third kappa shape index (κ3) is 3.65. The monoisotopic (exact) mass is 441 g/mol. The third-order valence-electron chi connectivity index (χ3n) is 4.29. The maximum Gasteiger partial charge on any atom is 0.308 e. The van der Waals surface area contributed by atoms with Crippen molar-refractivity contribution >= 4 is 54.0 Å². The van der Waals surface area contributed by atoms with E-state index in [4.69, 9.17) is 0 Å². The number of hydrogen-bond donors (Lipinski definition) is 2. The molecule has 2 N–H and O–H groups in total. The first kappa shape index (κ1) is 18.2. The summed E-state index contributed by atoms with van der Waals surface area (Å²) < 4.78 is 26.1. The van der Waals surface area contributed by atoms with Gasteiger partial charge in [-0.1, -0.05) is 25.1 Å². The molecule has 3 aromatic rings. The van der Waals surface area contributed by atoms with E-state index in [1.165, 1.54) is 6.07 Å². The highest BCUT2D eigenvalue weighted by molar-refractivity contribution is 9.11. The van der Waals surface area contributed by atoms with Gasteiger partial charge in [0.25, 0.3) is 0 Å². The van der Waals surface area contributed by atoms with Crippen molar-refractivity contribution in [3.8, 4) is 0 Å². The minimum absolute atomic E-state index is 0.178. The highest BCUT2D eigenvalue weighted by atomic mass is 79.9. The van der Waals surface area contributed by atoms with Crippen molar-refractivity contribution in [2.45, 2.75) is 17.1 Å². The smallest absolute Gasteiger partial charge is 0.308 e. The average Bonchev–Trinajstić information content (AvgIpc) is 3.18. The molecule has 1 aromatic carbocycles. The number of carboxylic acids is 1. The van der Waals surface area contributed by atoms with Gasteiger partial charge >= 0.3 is 5.97 Å². The summed E-state index contributed by atoms with van der Waals surface area (Å²) in [6.45, 7) is 1.76. The fourth-order valence-corrected chi connectivity index (χ4v) is 6.67. The van der Waals surface area contributed by atoms with Crippen LogP contribution in [0.5, 0.6) is 0 Å². The molecule has 0 radical (unpaired) electrons. The van der Waals surface area contributed by atoms with E-state index in [2.05, 4.69) is 20.9 Å². The Morgan fingerprint density at radius 2 is 2.00 bits per heavy atom. The largest absolute Gasteiger partial charge is 0.481 e. The highest BCUT2D eigenvalue weighted by Crippen LogP contribution is 2.34. The van der Waals surface area contributed by atoms with Crippen molar-refractivity contribution in [2.75, 3.05) is 5.75 Å². The van der Waals surface area contributed by atoms with Gasteiger partial charge in [-0.05, 0) is 45.6 Å². The van der Waals surface area contributed by atoms with Crippen LogP contribution < -0.4 is 0 Å². The molecule has 0 fully saturated rings. The van der Waals surface area contributed by atoms with Crippen LogP contribution in [0, 0.1) is 5.92 Å². The summed E-state index contributed by atoms with van der Waals surface area (Å²) in [5.41, 5.74) is 1.71. The van der Waals surface area contributed by atoms with Gasteiger partial charge in [-0.2, -0.15) is 0 Å². The summed E-state index contributed by atoms with van der Waals surface area (Å²) in [6.07, 6.45) is 1.76. The summed E-state index contributed by atoms with van der Waals surface area (Å²) >= 11 is 4.33. The molecule has 0 saturated carbocycles. The number of aliphatic carboxylic acids is 1. The number of sulfone groups is 1. The molecular weight excluding hydrogens is 426 g/mol. The number of aromatic nitrogens is 1. The van der Waals surface area contributed by atoms with Gasteiger partial charge in [0.1, 0.15) is 4.21 Å². The first-order valence-electron chi connectivity index (χ1n) is 7.56. The molecule has 2 atom stereocenters. The number of H-pyrrole nitrogens is 1. The number of halogens is 1. The maximum atomic E-state index is 12.6. The number of rotatable bonds is 6. The van der Waals surface area contributed by atoms with Gasteiger partial charge in [-0.25, -0.2) is 8.42 Å². The molecular formula is C17H16BrNO4S2. The molecule has 0 spiro atoms. The number of hydrogen-bond acceptors (Lipinski definition) is 4. The van der Waals surface area contributed by atoms with Gasteiger partial charge in [0.05, 0.1) is 15.5 Å². The lowest BCUT2D eigenvalue weighted by atomic mass is 9.88. The van der Waals surface area contributed by atoms with Crippen LogP contribution in [0.4, 0.5) is 0 Å². The summed E-state index contributed by atoms with van der Waals surface area (Å²) in [5.74, 6) is -3.04. The Kier molecular flexibility index (Phi) is 5.04. The van der Waals surface area contributed by atoms with E-state index < -0.39 is 33.4 Å². The molecule has 0 amide bonds. The van der Waals surface area contributed by atoms with Crippen molar-refractivity contribution < 1.29 is 18.3 Å². The summed E-state index contributed by atoms with van der Waals surface area (Å²) in [7, 11) is -3.68. The topological polar surface area (TPSA) is 87.2 Å². The summed E-state index contributed by atoms with van der Waals surface area (Å²) in [5, 5.41) is 10.6. The first-order chi connectivity index (χ1) is 11.8. The number of carboxylic acid groups (broad SMARTS) is 1. The van der Waals surface area contributed by atoms with Crippen LogP contribution in [0.3, 0.4) is 0 Å². The SMILES string of the molecule is C[C@@H](c1c[nH]c2ccccc12)[C@@H](CS(=O)(=O)c1ccc(Br)s1)C(=O)O. The Labute approximate surface area is 157 Å². The molecule has 0 aliphatic rings. The Balaban J connectivity index is 1.95. The molecule has 8 heteroatoms. The van der Waals surface area contributed by atoms with Gasteiger partial charge in [0.2, 0.25) is 0 Å². The van der Waals surface area contributed by atoms with Crippen molar-refractivity contribution in [3.63, 3.8) is 0 Å².